The smallest absolute Gasteiger partial charge is 0.327 e. The number of hydrogen-bond donors (Lipinski definition) is 5. The highest BCUT2D eigenvalue weighted by Crippen LogP contribution is 2.34. The van der Waals surface area contributed by atoms with Gasteiger partial charge in [-0.25, -0.2) is 9.59 Å². The summed E-state index contributed by atoms with van der Waals surface area (Å²) < 4.78 is 0. The zero-order valence-corrected chi connectivity index (χ0v) is 13.7. The van der Waals surface area contributed by atoms with Crippen LogP contribution in [0.1, 0.15) is 18.4 Å². The molecule has 1 aliphatic heterocycles. The second-order valence-corrected chi connectivity index (χ2v) is 5.86. The number of nitrogens with two attached hydrogens (primary N) is 2. The summed E-state index contributed by atoms with van der Waals surface area (Å²) in [6.07, 6.45) is -0.226. The van der Waals surface area contributed by atoms with Crippen LogP contribution in [0.15, 0.2) is 35.3 Å². The summed E-state index contributed by atoms with van der Waals surface area (Å²) in [7, 11) is 0. The van der Waals surface area contributed by atoms with Crippen molar-refractivity contribution in [2.75, 3.05) is 6.54 Å². The third kappa shape index (κ3) is 4.60. The summed E-state index contributed by atoms with van der Waals surface area (Å²) in [5.41, 5.74) is 11.3. The van der Waals surface area contributed by atoms with E-state index < -0.39 is 30.2 Å². The minimum Gasteiger partial charge on any atom is -0.480 e. The molecule has 0 spiro atoms. The fourth-order valence-corrected chi connectivity index (χ4v) is 2.89. The van der Waals surface area contributed by atoms with Crippen molar-refractivity contribution in [1.29, 1.82) is 0 Å². The van der Waals surface area contributed by atoms with E-state index in [1.807, 2.05) is 30.3 Å². The van der Waals surface area contributed by atoms with Gasteiger partial charge in [0, 0.05) is 19.0 Å². The van der Waals surface area contributed by atoms with Gasteiger partial charge in [-0.15, -0.1) is 0 Å². The van der Waals surface area contributed by atoms with Gasteiger partial charge in [-0.1, -0.05) is 30.3 Å². The Balaban J connectivity index is 1.90. The number of aliphatic hydroxyl groups excluding tert-OH is 1. The van der Waals surface area contributed by atoms with E-state index in [4.69, 9.17) is 11.5 Å². The molecule has 1 unspecified atom stereocenters. The molecule has 1 fully saturated rings. The van der Waals surface area contributed by atoms with E-state index in [1.165, 1.54) is 0 Å². The number of aliphatic hydroxyl groups is 1. The van der Waals surface area contributed by atoms with Gasteiger partial charge >= 0.3 is 12.0 Å². The molecular formula is C16H23N5O4. The average Bonchev–Trinajstić information content (AvgIpc) is 2.57. The number of guanidine groups is 1. The zero-order valence-electron chi connectivity index (χ0n) is 13.7. The molecule has 1 aliphatic rings. The Morgan fingerprint density at radius 3 is 2.52 bits per heavy atom. The van der Waals surface area contributed by atoms with E-state index in [2.05, 4.69) is 10.3 Å². The van der Waals surface area contributed by atoms with Gasteiger partial charge in [0.15, 0.2) is 5.96 Å². The Hall–Kier alpha value is -2.81. The summed E-state index contributed by atoms with van der Waals surface area (Å²) in [6.45, 7) is 0.600. The highest BCUT2D eigenvalue weighted by molar-refractivity contribution is 5.85. The number of hydrogen-bond acceptors (Lipinski definition) is 4. The number of nitrogens with one attached hydrogen (secondary N) is 1. The van der Waals surface area contributed by atoms with Crippen molar-refractivity contribution in [1.82, 2.24) is 10.2 Å². The van der Waals surface area contributed by atoms with Crippen LogP contribution in [-0.2, 0) is 11.3 Å². The van der Waals surface area contributed by atoms with Crippen LogP contribution in [0.3, 0.4) is 0 Å². The third-order valence-electron chi connectivity index (χ3n) is 4.14. The molecule has 0 radical (unpaired) electrons. The van der Waals surface area contributed by atoms with E-state index in [-0.39, 0.29) is 12.5 Å². The summed E-state index contributed by atoms with van der Waals surface area (Å²) in [5, 5.41) is 22.2. The van der Waals surface area contributed by atoms with Gasteiger partial charge in [-0.05, 0) is 18.4 Å². The van der Waals surface area contributed by atoms with Crippen LogP contribution in [0, 0.1) is 5.92 Å². The zero-order chi connectivity index (χ0) is 18.4. The van der Waals surface area contributed by atoms with Crippen LogP contribution in [0.4, 0.5) is 4.79 Å². The van der Waals surface area contributed by atoms with E-state index in [1.54, 1.807) is 0 Å². The Labute approximate surface area is 145 Å². The van der Waals surface area contributed by atoms with Gasteiger partial charge in [0.25, 0.3) is 0 Å². The number of likely N-dealkylation sites (tertiary alicyclic amines) is 1. The van der Waals surface area contributed by atoms with Crippen LogP contribution in [0.5, 0.6) is 0 Å². The van der Waals surface area contributed by atoms with Crippen LogP contribution < -0.4 is 16.8 Å². The van der Waals surface area contributed by atoms with E-state index >= 15 is 0 Å². The standard InChI is InChI=1S/C16H23N5O4/c17-15(18)19-8-4-7-11-12(14(23)24)21(13(11)22)16(25)20-9-10-5-2-1-3-6-10/h1-3,5-6,11-13,22H,4,7-9H2,(H,20,25)(H,23,24)(H4,17,18,19)/t11-,12+,13?/m1/s1. The Bertz CT molecular complexity index is 633. The van der Waals surface area contributed by atoms with E-state index in [0.29, 0.717) is 19.4 Å². The summed E-state index contributed by atoms with van der Waals surface area (Å²) in [6, 6.07) is 7.55. The highest BCUT2D eigenvalue weighted by atomic mass is 16.4. The van der Waals surface area contributed by atoms with Gasteiger partial charge in [-0.3, -0.25) is 9.89 Å². The van der Waals surface area contributed by atoms with E-state index in [9.17, 15) is 19.8 Å². The molecule has 136 valence electrons. The topological polar surface area (TPSA) is 154 Å². The number of urea groups is 1. The first-order valence-corrected chi connectivity index (χ1v) is 7.98. The molecule has 3 atom stereocenters. The number of carboxylic acids is 1. The number of carboxylic acid groups (broad SMARTS) is 1. The molecule has 1 saturated heterocycles. The maximum Gasteiger partial charge on any atom is 0.327 e. The first kappa shape index (κ1) is 18.5. The molecule has 0 aromatic heterocycles. The fourth-order valence-electron chi connectivity index (χ4n) is 2.89. The lowest BCUT2D eigenvalue weighted by Crippen LogP contribution is -2.70. The molecular weight excluding hydrogens is 326 g/mol. The fraction of sp³-hybridized carbons (Fsp3) is 0.438. The van der Waals surface area contributed by atoms with Gasteiger partial charge in [0.1, 0.15) is 12.3 Å². The normalized spacial score (nSPS) is 22.0. The summed E-state index contributed by atoms with van der Waals surface area (Å²) in [4.78, 5) is 28.5. The van der Waals surface area contributed by atoms with Crippen molar-refractivity contribution in [2.24, 2.45) is 22.4 Å². The average molecular weight is 349 g/mol. The molecule has 1 aromatic rings. The maximum atomic E-state index is 12.2. The monoisotopic (exact) mass is 349 g/mol. The first-order valence-electron chi connectivity index (χ1n) is 7.98. The molecule has 7 N–H and O–H groups in total. The number of carbonyl (C=O) groups is 2. The van der Waals surface area contributed by atoms with Crippen molar-refractivity contribution in [3.05, 3.63) is 35.9 Å². The molecule has 2 amide bonds. The number of amides is 2. The molecule has 25 heavy (non-hydrogen) atoms. The van der Waals surface area contributed by atoms with Crippen LogP contribution >= 0.6 is 0 Å². The van der Waals surface area contributed by atoms with Gasteiger partial charge < -0.3 is 27.0 Å². The number of aliphatic carboxylic acids is 1. The number of benzene rings is 1. The molecule has 0 aliphatic carbocycles. The van der Waals surface area contributed by atoms with Crippen molar-refractivity contribution in [3.63, 3.8) is 0 Å². The molecule has 1 heterocycles. The molecule has 2 rings (SSSR count). The second kappa shape index (κ2) is 8.34. The lowest BCUT2D eigenvalue weighted by atomic mass is 9.82. The largest absolute Gasteiger partial charge is 0.480 e. The Morgan fingerprint density at radius 2 is 1.92 bits per heavy atom. The van der Waals surface area contributed by atoms with Crippen molar-refractivity contribution >= 4 is 18.0 Å². The Morgan fingerprint density at radius 1 is 1.24 bits per heavy atom. The SMILES string of the molecule is NC(N)=NCCC[C@H]1C(O)N(C(=O)NCc2ccccc2)[C@@H]1C(=O)O. The predicted molar refractivity (Wildman–Crippen MR) is 91.3 cm³/mol. The minimum absolute atomic E-state index is 0.0362. The molecule has 0 bridgehead atoms. The lowest BCUT2D eigenvalue weighted by molar-refractivity contribution is -0.181. The van der Waals surface area contributed by atoms with Crippen LogP contribution in [0.25, 0.3) is 0 Å². The number of nitrogens with zero attached hydrogens (tertiary/aromatic N) is 2. The van der Waals surface area contributed by atoms with Crippen molar-refractivity contribution in [3.8, 4) is 0 Å². The van der Waals surface area contributed by atoms with Crippen LogP contribution in [-0.4, -0.2) is 51.9 Å². The van der Waals surface area contributed by atoms with E-state index in [0.717, 1.165) is 10.5 Å². The second-order valence-electron chi connectivity index (χ2n) is 5.86. The molecule has 9 heteroatoms. The molecule has 1 aromatic carbocycles. The molecule has 0 saturated carbocycles. The minimum atomic E-state index is -1.15. The first-order chi connectivity index (χ1) is 11.9. The highest BCUT2D eigenvalue weighted by Gasteiger charge is 2.53. The molecule has 9 nitrogen and oxygen atoms in total. The van der Waals surface area contributed by atoms with Crippen molar-refractivity contribution in [2.45, 2.75) is 31.7 Å². The maximum absolute atomic E-state index is 12.2. The van der Waals surface area contributed by atoms with Gasteiger partial charge in [0.2, 0.25) is 0 Å². The lowest BCUT2D eigenvalue weighted by Gasteiger charge is -2.49. The summed E-state index contributed by atoms with van der Waals surface area (Å²) >= 11 is 0. The quantitative estimate of drug-likeness (QED) is 0.257. The Kier molecular flexibility index (Phi) is 6.18. The predicted octanol–water partition coefficient (Wildman–Crippen LogP) is -0.347. The van der Waals surface area contributed by atoms with Crippen molar-refractivity contribution < 1.29 is 19.8 Å². The van der Waals surface area contributed by atoms with Gasteiger partial charge in [0.05, 0.1) is 0 Å². The summed E-state index contributed by atoms with van der Waals surface area (Å²) in [5.74, 6) is -1.73. The van der Waals surface area contributed by atoms with Crippen LogP contribution in [0.2, 0.25) is 0 Å². The third-order valence-corrected chi connectivity index (χ3v) is 4.14. The number of carbonyl (C=O) groups excluding carboxylic acids is 1. The number of aliphatic imine (C=N–C) groups is 1. The number of rotatable bonds is 7. The van der Waals surface area contributed by atoms with Gasteiger partial charge in [-0.2, -0.15) is 0 Å².